The number of para-hydroxylation sites is 1. The number of nitrogens with two attached hydrogens (primary N) is 1. The Labute approximate surface area is 112 Å². The maximum atomic E-state index is 11.2. The van der Waals surface area contributed by atoms with Gasteiger partial charge in [-0.25, -0.2) is 5.14 Å². The van der Waals surface area contributed by atoms with Crippen LogP contribution < -0.4 is 19.3 Å². The second-order valence-electron chi connectivity index (χ2n) is 4.16. The molecular weight excluding hydrogens is 272 g/mol. The fourth-order valence-electron chi connectivity index (χ4n) is 1.75. The average molecular weight is 288 g/mol. The molecular formula is C11H16N2O5S. The zero-order chi connectivity index (χ0) is 14.0. The summed E-state index contributed by atoms with van der Waals surface area (Å²) in [4.78, 5) is 0. The van der Waals surface area contributed by atoms with Gasteiger partial charge in [0.15, 0.2) is 11.5 Å². The molecule has 0 spiro atoms. The smallest absolute Gasteiger partial charge is 0.276 e. The van der Waals surface area contributed by atoms with E-state index in [2.05, 4.69) is 0 Å². The number of nitrogens with zero attached hydrogens (tertiary/aromatic N) is 1. The summed E-state index contributed by atoms with van der Waals surface area (Å²) in [5, 5.41) is 5.02. The molecule has 1 aromatic rings. The minimum atomic E-state index is -3.73. The summed E-state index contributed by atoms with van der Waals surface area (Å²) in [6, 6.07) is 5.29. The van der Waals surface area contributed by atoms with Gasteiger partial charge in [0.05, 0.1) is 13.7 Å². The normalized spacial score (nSPS) is 18.4. The Bertz CT molecular complexity index is 546. The molecule has 0 radical (unpaired) electrons. The first-order chi connectivity index (χ1) is 8.91. The predicted octanol–water partition coefficient (Wildman–Crippen LogP) is -0.0297. The van der Waals surface area contributed by atoms with Crippen molar-refractivity contribution in [3.63, 3.8) is 0 Å². The summed E-state index contributed by atoms with van der Waals surface area (Å²) in [5.41, 5.74) is 0. The quantitative estimate of drug-likeness (QED) is 0.840. The maximum absolute atomic E-state index is 11.2. The van der Waals surface area contributed by atoms with Crippen LogP contribution in [0.3, 0.4) is 0 Å². The summed E-state index contributed by atoms with van der Waals surface area (Å²) in [5.74, 6) is 1.60. The van der Waals surface area contributed by atoms with Gasteiger partial charge in [0.2, 0.25) is 5.75 Å². The third-order valence-electron chi connectivity index (χ3n) is 2.77. The lowest BCUT2D eigenvalue weighted by atomic mass is 10.2. The predicted molar refractivity (Wildman–Crippen MR) is 68.6 cm³/mol. The molecule has 0 aromatic heterocycles. The van der Waals surface area contributed by atoms with Gasteiger partial charge < -0.3 is 14.2 Å². The number of methoxy groups -OCH3 is 1. The van der Waals surface area contributed by atoms with E-state index in [0.717, 1.165) is 4.31 Å². The van der Waals surface area contributed by atoms with Crippen LogP contribution in [0, 0.1) is 0 Å². The Morgan fingerprint density at radius 3 is 2.89 bits per heavy atom. The molecule has 0 bridgehead atoms. The van der Waals surface area contributed by atoms with Crippen molar-refractivity contribution < 1.29 is 22.6 Å². The maximum Gasteiger partial charge on any atom is 0.276 e. The molecule has 1 atom stereocenters. The largest absolute Gasteiger partial charge is 0.493 e. The van der Waals surface area contributed by atoms with Crippen molar-refractivity contribution in [1.29, 1.82) is 0 Å². The third-order valence-corrected chi connectivity index (χ3v) is 3.79. The molecule has 1 heterocycles. The number of fused-ring (bicyclic) bond motifs is 1. The Kier molecular flexibility index (Phi) is 3.83. The minimum Gasteiger partial charge on any atom is -0.493 e. The molecule has 0 amide bonds. The van der Waals surface area contributed by atoms with Crippen molar-refractivity contribution in [1.82, 2.24) is 4.31 Å². The van der Waals surface area contributed by atoms with E-state index in [-0.39, 0.29) is 13.2 Å². The van der Waals surface area contributed by atoms with E-state index in [4.69, 9.17) is 19.3 Å². The molecule has 2 rings (SSSR count). The lowest BCUT2D eigenvalue weighted by Gasteiger charge is -2.29. The highest BCUT2D eigenvalue weighted by atomic mass is 32.2. The van der Waals surface area contributed by atoms with Crippen molar-refractivity contribution in [3.05, 3.63) is 18.2 Å². The third kappa shape index (κ3) is 3.09. The zero-order valence-electron chi connectivity index (χ0n) is 10.7. The number of hydrogen-bond acceptors (Lipinski definition) is 5. The molecule has 2 N–H and O–H groups in total. The Morgan fingerprint density at radius 2 is 2.26 bits per heavy atom. The van der Waals surface area contributed by atoms with Gasteiger partial charge in [-0.05, 0) is 12.1 Å². The van der Waals surface area contributed by atoms with E-state index < -0.39 is 16.3 Å². The van der Waals surface area contributed by atoms with Gasteiger partial charge in [-0.3, -0.25) is 0 Å². The first-order valence-electron chi connectivity index (χ1n) is 5.62. The SMILES string of the molecule is COc1cccc2c1O[C@@H](CN(C)S(N)(=O)=O)CO2. The number of hydrogen-bond donors (Lipinski definition) is 1. The Hall–Kier alpha value is -1.51. The number of likely N-dealkylation sites (N-methyl/N-ethyl adjacent to an activating group) is 1. The van der Waals surface area contributed by atoms with E-state index >= 15 is 0 Å². The summed E-state index contributed by atoms with van der Waals surface area (Å²) in [6.07, 6.45) is -0.438. The lowest BCUT2D eigenvalue weighted by molar-refractivity contribution is 0.0762. The van der Waals surface area contributed by atoms with E-state index in [9.17, 15) is 8.42 Å². The summed E-state index contributed by atoms with van der Waals surface area (Å²) in [6.45, 7) is 0.357. The Morgan fingerprint density at radius 1 is 1.53 bits per heavy atom. The monoisotopic (exact) mass is 288 g/mol. The van der Waals surface area contributed by atoms with Crippen LogP contribution in [0.1, 0.15) is 0 Å². The Balaban J connectivity index is 2.14. The fraction of sp³-hybridized carbons (Fsp3) is 0.455. The van der Waals surface area contributed by atoms with Crippen molar-refractivity contribution in [2.24, 2.45) is 5.14 Å². The van der Waals surface area contributed by atoms with Gasteiger partial charge in [-0.15, -0.1) is 0 Å². The molecule has 0 saturated carbocycles. The van der Waals surface area contributed by atoms with Crippen molar-refractivity contribution in [2.75, 3.05) is 27.3 Å². The first-order valence-corrected chi connectivity index (χ1v) is 7.12. The van der Waals surface area contributed by atoms with E-state index in [1.165, 1.54) is 14.2 Å². The van der Waals surface area contributed by atoms with Crippen LogP contribution in [0.4, 0.5) is 0 Å². The van der Waals surface area contributed by atoms with Gasteiger partial charge in [0, 0.05) is 7.05 Å². The van der Waals surface area contributed by atoms with E-state index in [1.807, 2.05) is 0 Å². The summed E-state index contributed by atoms with van der Waals surface area (Å²) >= 11 is 0. The average Bonchev–Trinajstić information content (AvgIpc) is 2.36. The molecule has 8 heteroatoms. The van der Waals surface area contributed by atoms with Crippen LogP contribution in [0.2, 0.25) is 0 Å². The van der Waals surface area contributed by atoms with Crippen LogP contribution in [0.5, 0.6) is 17.2 Å². The standard InChI is InChI=1S/C11H16N2O5S/c1-13(19(12,14)15)6-8-7-17-10-5-3-4-9(16-2)11(10)18-8/h3-5,8H,6-7H2,1-2H3,(H2,12,14,15)/t8-/m0/s1. The molecule has 19 heavy (non-hydrogen) atoms. The van der Waals surface area contributed by atoms with Gasteiger partial charge in [-0.1, -0.05) is 6.07 Å². The zero-order valence-corrected chi connectivity index (χ0v) is 11.5. The molecule has 106 valence electrons. The van der Waals surface area contributed by atoms with Gasteiger partial charge in [0.1, 0.15) is 12.7 Å². The van der Waals surface area contributed by atoms with Crippen molar-refractivity contribution in [3.8, 4) is 17.2 Å². The fourth-order valence-corrected chi connectivity index (χ4v) is 2.12. The topological polar surface area (TPSA) is 91.1 Å². The van der Waals surface area contributed by atoms with Crippen LogP contribution in [0.15, 0.2) is 18.2 Å². The van der Waals surface area contributed by atoms with Gasteiger partial charge in [-0.2, -0.15) is 12.7 Å². The minimum absolute atomic E-state index is 0.107. The summed E-state index contributed by atoms with van der Waals surface area (Å²) in [7, 11) is -0.817. The highest BCUT2D eigenvalue weighted by molar-refractivity contribution is 7.86. The van der Waals surface area contributed by atoms with Crippen LogP contribution in [-0.2, 0) is 10.2 Å². The number of ether oxygens (including phenoxy) is 3. The lowest BCUT2D eigenvalue weighted by Crippen LogP contribution is -2.44. The molecule has 1 aliphatic heterocycles. The van der Waals surface area contributed by atoms with Crippen LogP contribution in [-0.4, -0.2) is 46.1 Å². The van der Waals surface area contributed by atoms with E-state index in [1.54, 1.807) is 18.2 Å². The highest BCUT2D eigenvalue weighted by Gasteiger charge is 2.27. The number of rotatable bonds is 4. The summed E-state index contributed by atoms with van der Waals surface area (Å²) < 4.78 is 39.7. The molecule has 1 aliphatic rings. The van der Waals surface area contributed by atoms with Crippen LogP contribution in [0.25, 0.3) is 0 Å². The van der Waals surface area contributed by atoms with Gasteiger partial charge in [0.25, 0.3) is 10.2 Å². The molecule has 0 unspecified atom stereocenters. The van der Waals surface area contributed by atoms with Crippen LogP contribution >= 0.6 is 0 Å². The van der Waals surface area contributed by atoms with E-state index in [0.29, 0.717) is 17.2 Å². The van der Waals surface area contributed by atoms with Crippen molar-refractivity contribution in [2.45, 2.75) is 6.10 Å². The molecule has 0 saturated heterocycles. The molecule has 0 aliphatic carbocycles. The molecule has 1 aromatic carbocycles. The van der Waals surface area contributed by atoms with Crippen molar-refractivity contribution >= 4 is 10.2 Å². The number of benzene rings is 1. The van der Waals surface area contributed by atoms with Gasteiger partial charge >= 0.3 is 0 Å². The molecule has 0 fully saturated rings. The first kappa shape index (κ1) is 13.9. The second-order valence-corrected chi connectivity index (χ2v) is 5.82. The highest BCUT2D eigenvalue weighted by Crippen LogP contribution is 2.40. The second kappa shape index (κ2) is 5.24. The molecule has 7 nitrogen and oxygen atoms in total.